The van der Waals surface area contributed by atoms with Gasteiger partial charge in [-0.1, -0.05) is 25.0 Å². The van der Waals surface area contributed by atoms with Crippen molar-refractivity contribution in [3.8, 4) is 0 Å². The van der Waals surface area contributed by atoms with Gasteiger partial charge in [-0.2, -0.15) is 0 Å². The van der Waals surface area contributed by atoms with Crippen molar-refractivity contribution >= 4 is 10.0 Å². The van der Waals surface area contributed by atoms with Crippen molar-refractivity contribution in [1.82, 2.24) is 4.72 Å². The van der Waals surface area contributed by atoms with E-state index in [9.17, 15) is 8.42 Å². The zero-order valence-corrected chi connectivity index (χ0v) is 13.4. The monoisotopic (exact) mass is 311 g/mol. The fourth-order valence-corrected chi connectivity index (χ4v) is 4.30. The molecule has 0 bridgehead atoms. The molecule has 1 aromatic rings. The number of aryl methyl sites for hydroxylation is 1. The fraction of sp³-hybridized carbons (Fsp3) is 0.625. The van der Waals surface area contributed by atoms with Gasteiger partial charge in [0.05, 0.1) is 4.90 Å². The standard InChI is InChI=1S/C16H25NO3S/c1-13(15-6-2-3-7-15)17-21(19,20)16-10-8-14(9-11-16)5-4-12-18/h8-11,13,15,17-18H,2-7,12H2,1H3. The predicted octanol–water partition coefficient (Wildman–Crippen LogP) is 2.47. The number of hydrogen-bond donors (Lipinski definition) is 2. The van der Waals surface area contributed by atoms with E-state index in [1.165, 1.54) is 12.8 Å². The molecule has 0 saturated heterocycles. The molecule has 2 rings (SSSR count). The van der Waals surface area contributed by atoms with Crippen LogP contribution < -0.4 is 4.72 Å². The Labute approximate surface area is 127 Å². The molecule has 1 unspecified atom stereocenters. The minimum atomic E-state index is -3.43. The largest absolute Gasteiger partial charge is 0.396 e. The molecular formula is C16H25NO3S. The zero-order valence-electron chi connectivity index (χ0n) is 12.6. The molecule has 5 heteroatoms. The molecule has 1 aliphatic carbocycles. The topological polar surface area (TPSA) is 66.4 Å². The summed E-state index contributed by atoms with van der Waals surface area (Å²) in [5, 5.41) is 8.81. The number of rotatable bonds is 7. The Kier molecular flexibility index (Phi) is 5.79. The predicted molar refractivity (Wildman–Crippen MR) is 83.6 cm³/mol. The number of aliphatic hydroxyl groups is 1. The third kappa shape index (κ3) is 4.53. The molecule has 0 spiro atoms. The Morgan fingerprint density at radius 3 is 2.43 bits per heavy atom. The van der Waals surface area contributed by atoms with Crippen LogP contribution in [-0.2, 0) is 16.4 Å². The summed E-state index contributed by atoms with van der Waals surface area (Å²) < 4.78 is 27.6. The molecule has 21 heavy (non-hydrogen) atoms. The van der Waals surface area contributed by atoms with Crippen LogP contribution in [0, 0.1) is 5.92 Å². The lowest BCUT2D eigenvalue weighted by Gasteiger charge is -2.20. The molecule has 1 aromatic carbocycles. The van der Waals surface area contributed by atoms with E-state index in [4.69, 9.17) is 5.11 Å². The van der Waals surface area contributed by atoms with Gasteiger partial charge < -0.3 is 5.11 Å². The maximum Gasteiger partial charge on any atom is 0.240 e. The van der Waals surface area contributed by atoms with E-state index in [2.05, 4.69) is 4.72 Å². The summed E-state index contributed by atoms with van der Waals surface area (Å²) in [6.07, 6.45) is 6.10. The van der Waals surface area contributed by atoms with E-state index in [0.717, 1.165) is 24.8 Å². The van der Waals surface area contributed by atoms with E-state index in [0.29, 0.717) is 17.2 Å². The molecule has 0 aliphatic heterocycles. The number of aliphatic hydroxyl groups excluding tert-OH is 1. The summed E-state index contributed by atoms with van der Waals surface area (Å²) in [7, 11) is -3.43. The van der Waals surface area contributed by atoms with Crippen LogP contribution in [0.3, 0.4) is 0 Å². The molecule has 1 saturated carbocycles. The number of hydrogen-bond acceptors (Lipinski definition) is 3. The van der Waals surface area contributed by atoms with Crippen LogP contribution in [0.2, 0.25) is 0 Å². The lowest BCUT2D eigenvalue weighted by atomic mass is 10.0. The molecule has 1 atom stereocenters. The first-order chi connectivity index (χ1) is 10.0. The van der Waals surface area contributed by atoms with Crippen molar-refractivity contribution < 1.29 is 13.5 Å². The number of nitrogens with one attached hydrogen (secondary N) is 1. The first kappa shape index (κ1) is 16.5. The Morgan fingerprint density at radius 1 is 1.24 bits per heavy atom. The van der Waals surface area contributed by atoms with Gasteiger partial charge in [0.2, 0.25) is 10.0 Å². The lowest BCUT2D eigenvalue weighted by molar-refractivity contribution is 0.288. The summed E-state index contributed by atoms with van der Waals surface area (Å²) in [5.41, 5.74) is 1.05. The molecule has 118 valence electrons. The van der Waals surface area contributed by atoms with Gasteiger partial charge in [-0.15, -0.1) is 0 Å². The minimum absolute atomic E-state index is 0.00781. The Hall–Kier alpha value is -0.910. The highest BCUT2D eigenvalue weighted by molar-refractivity contribution is 7.89. The second kappa shape index (κ2) is 7.38. The first-order valence-electron chi connectivity index (χ1n) is 7.75. The van der Waals surface area contributed by atoms with E-state index < -0.39 is 10.0 Å². The highest BCUT2D eigenvalue weighted by atomic mass is 32.2. The summed E-state index contributed by atoms with van der Waals surface area (Å²) >= 11 is 0. The van der Waals surface area contributed by atoms with Gasteiger partial charge in [0.1, 0.15) is 0 Å². The van der Waals surface area contributed by atoms with Crippen LogP contribution in [0.4, 0.5) is 0 Å². The van der Waals surface area contributed by atoms with Crippen LogP contribution in [-0.4, -0.2) is 26.2 Å². The normalized spacial score (nSPS) is 18.0. The van der Waals surface area contributed by atoms with E-state index in [-0.39, 0.29) is 12.6 Å². The van der Waals surface area contributed by atoms with Crippen LogP contribution in [0.15, 0.2) is 29.2 Å². The van der Waals surface area contributed by atoms with Gasteiger partial charge in [-0.25, -0.2) is 13.1 Å². The van der Waals surface area contributed by atoms with Gasteiger partial charge in [0, 0.05) is 12.6 Å². The van der Waals surface area contributed by atoms with Gasteiger partial charge >= 0.3 is 0 Å². The summed E-state index contributed by atoms with van der Waals surface area (Å²) in [4.78, 5) is 0.320. The molecule has 0 radical (unpaired) electrons. The molecule has 1 fully saturated rings. The third-order valence-electron chi connectivity index (χ3n) is 4.31. The van der Waals surface area contributed by atoms with E-state index >= 15 is 0 Å². The molecule has 0 aromatic heterocycles. The molecule has 0 heterocycles. The molecule has 2 N–H and O–H groups in total. The zero-order chi connectivity index (χ0) is 15.3. The van der Waals surface area contributed by atoms with Gasteiger partial charge in [-0.3, -0.25) is 0 Å². The quantitative estimate of drug-likeness (QED) is 0.813. The maximum atomic E-state index is 12.4. The lowest BCUT2D eigenvalue weighted by Crippen LogP contribution is -2.37. The van der Waals surface area contributed by atoms with Gasteiger partial charge in [0.25, 0.3) is 0 Å². The summed E-state index contributed by atoms with van der Waals surface area (Å²) in [6, 6.07) is 6.94. The van der Waals surface area contributed by atoms with Crippen molar-refractivity contribution in [1.29, 1.82) is 0 Å². The van der Waals surface area contributed by atoms with Crippen molar-refractivity contribution in [2.24, 2.45) is 5.92 Å². The van der Waals surface area contributed by atoms with E-state index in [1.54, 1.807) is 12.1 Å². The Bertz CT molecular complexity index is 533. The average Bonchev–Trinajstić information content (AvgIpc) is 2.99. The summed E-state index contributed by atoms with van der Waals surface area (Å²) in [5.74, 6) is 0.462. The highest BCUT2D eigenvalue weighted by Gasteiger charge is 2.26. The van der Waals surface area contributed by atoms with Gasteiger partial charge in [-0.05, 0) is 56.2 Å². The smallest absolute Gasteiger partial charge is 0.240 e. The number of benzene rings is 1. The van der Waals surface area contributed by atoms with Crippen LogP contribution >= 0.6 is 0 Å². The van der Waals surface area contributed by atoms with Crippen molar-refractivity contribution in [3.05, 3.63) is 29.8 Å². The second-order valence-electron chi connectivity index (χ2n) is 5.93. The fourth-order valence-electron chi connectivity index (χ4n) is 2.98. The SMILES string of the molecule is CC(NS(=O)(=O)c1ccc(CCCO)cc1)C1CCCC1. The Balaban J connectivity index is 2.01. The molecule has 0 amide bonds. The Morgan fingerprint density at radius 2 is 1.86 bits per heavy atom. The van der Waals surface area contributed by atoms with Crippen LogP contribution in [0.25, 0.3) is 0 Å². The average molecular weight is 311 g/mol. The van der Waals surface area contributed by atoms with Crippen LogP contribution in [0.1, 0.15) is 44.6 Å². The van der Waals surface area contributed by atoms with Crippen molar-refractivity contribution in [2.75, 3.05) is 6.61 Å². The first-order valence-corrected chi connectivity index (χ1v) is 9.23. The minimum Gasteiger partial charge on any atom is -0.396 e. The molecule has 1 aliphatic rings. The van der Waals surface area contributed by atoms with Crippen molar-refractivity contribution in [2.45, 2.75) is 56.4 Å². The second-order valence-corrected chi connectivity index (χ2v) is 7.64. The third-order valence-corrected chi connectivity index (χ3v) is 5.88. The maximum absolute atomic E-state index is 12.4. The van der Waals surface area contributed by atoms with Gasteiger partial charge in [0.15, 0.2) is 0 Å². The van der Waals surface area contributed by atoms with Crippen LogP contribution in [0.5, 0.6) is 0 Å². The van der Waals surface area contributed by atoms with Crippen molar-refractivity contribution in [3.63, 3.8) is 0 Å². The highest BCUT2D eigenvalue weighted by Crippen LogP contribution is 2.28. The molecule has 4 nitrogen and oxygen atoms in total. The molecular weight excluding hydrogens is 286 g/mol. The van der Waals surface area contributed by atoms with E-state index in [1.807, 2.05) is 19.1 Å². The number of sulfonamides is 1. The summed E-state index contributed by atoms with van der Waals surface area (Å²) in [6.45, 7) is 2.11.